The number of pyridine rings is 1. The van der Waals surface area contributed by atoms with Gasteiger partial charge in [0.2, 0.25) is 0 Å². The maximum Gasteiger partial charge on any atom is 0.146 e. The number of nitrogens with zero attached hydrogens (tertiary/aromatic N) is 3. The molecule has 1 aromatic carbocycles. The van der Waals surface area contributed by atoms with E-state index in [1.807, 2.05) is 42.6 Å². The fourth-order valence-corrected chi connectivity index (χ4v) is 2.49. The number of hydrogen-bond acceptors (Lipinski definition) is 3. The van der Waals surface area contributed by atoms with Crippen LogP contribution in [0, 0.1) is 13.8 Å². The highest BCUT2D eigenvalue weighted by atomic mass is 15.3. The molecule has 0 radical (unpaired) electrons. The summed E-state index contributed by atoms with van der Waals surface area (Å²) < 4.78 is 2.22. The van der Waals surface area contributed by atoms with Crippen molar-refractivity contribution < 1.29 is 0 Å². The zero-order chi connectivity index (χ0) is 15.4. The van der Waals surface area contributed by atoms with E-state index in [-0.39, 0.29) is 0 Å². The van der Waals surface area contributed by atoms with Crippen LogP contribution in [0.4, 0.5) is 5.82 Å². The Labute approximate surface area is 130 Å². The smallest absolute Gasteiger partial charge is 0.146 e. The first kappa shape index (κ1) is 14.1. The van der Waals surface area contributed by atoms with E-state index in [9.17, 15) is 0 Å². The van der Waals surface area contributed by atoms with Gasteiger partial charge in [0.15, 0.2) is 0 Å². The maximum atomic E-state index is 4.27. The Morgan fingerprint density at radius 2 is 1.82 bits per heavy atom. The molecule has 0 saturated carbocycles. The van der Waals surface area contributed by atoms with E-state index in [2.05, 4.69) is 52.1 Å². The predicted octanol–water partition coefficient (Wildman–Crippen LogP) is 3.94. The highest BCUT2D eigenvalue weighted by molar-refractivity contribution is 5.82. The van der Waals surface area contributed by atoms with Gasteiger partial charge in [0.25, 0.3) is 0 Å². The molecule has 1 N–H and O–H groups in total. The number of rotatable bonds is 4. The number of aryl methyl sites for hydroxylation is 1. The lowest BCUT2D eigenvalue weighted by Gasteiger charge is -2.08. The van der Waals surface area contributed by atoms with Gasteiger partial charge >= 0.3 is 0 Å². The molecule has 4 heteroatoms. The molecule has 0 aliphatic rings. The second kappa shape index (κ2) is 6.26. The standard InChI is InChI=1S/C18H18N4/c1-14-12-16(13-20-21-18-10-6-7-11-19-18)15(2)22(14)17-8-4-3-5-9-17/h3-13H,1-2H3,(H,19,21)/b20-13-. The molecule has 4 nitrogen and oxygen atoms in total. The zero-order valence-corrected chi connectivity index (χ0v) is 12.7. The molecule has 0 fully saturated rings. The Hall–Kier alpha value is -2.88. The van der Waals surface area contributed by atoms with Gasteiger partial charge in [0.05, 0.1) is 6.21 Å². The van der Waals surface area contributed by atoms with Crippen LogP contribution in [0.5, 0.6) is 0 Å². The first-order valence-corrected chi connectivity index (χ1v) is 7.20. The topological polar surface area (TPSA) is 42.2 Å². The fourth-order valence-electron chi connectivity index (χ4n) is 2.49. The van der Waals surface area contributed by atoms with Gasteiger partial charge in [-0.1, -0.05) is 24.3 Å². The van der Waals surface area contributed by atoms with Crippen LogP contribution in [0.15, 0.2) is 65.9 Å². The Bertz CT molecular complexity index is 774. The van der Waals surface area contributed by atoms with Crippen molar-refractivity contribution in [2.24, 2.45) is 5.10 Å². The number of aromatic nitrogens is 2. The van der Waals surface area contributed by atoms with Gasteiger partial charge < -0.3 is 4.57 Å². The number of para-hydroxylation sites is 1. The van der Waals surface area contributed by atoms with Crippen LogP contribution in [0.3, 0.4) is 0 Å². The van der Waals surface area contributed by atoms with Gasteiger partial charge in [-0.05, 0) is 44.2 Å². The molecule has 22 heavy (non-hydrogen) atoms. The molecule has 0 aliphatic carbocycles. The zero-order valence-electron chi connectivity index (χ0n) is 12.7. The average Bonchev–Trinajstić information content (AvgIpc) is 2.83. The summed E-state index contributed by atoms with van der Waals surface area (Å²) in [6, 6.07) is 18.1. The van der Waals surface area contributed by atoms with Gasteiger partial charge in [-0.3, -0.25) is 5.43 Å². The predicted molar refractivity (Wildman–Crippen MR) is 90.7 cm³/mol. The van der Waals surface area contributed by atoms with E-state index in [4.69, 9.17) is 0 Å². The van der Waals surface area contributed by atoms with E-state index in [1.54, 1.807) is 6.20 Å². The lowest BCUT2D eigenvalue weighted by atomic mass is 10.2. The summed E-state index contributed by atoms with van der Waals surface area (Å²) >= 11 is 0. The quantitative estimate of drug-likeness (QED) is 0.584. The monoisotopic (exact) mass is 290 g/mol. The van der Waals surface area contributed by atoms with E-state index in [1.165, 1.54) is 5.69 Å². The second-order valence-electron chi connectivity index (χ2n) is 5.08. The molecule has 3 rings (SSSR count). The highest BCUT2D eigenvalue weighted by Gasteiger charge is 2.08. The van der Waals surface area contributed by atoms with E-state index in [0.29, 0.717) is 0 Å². The molecule has 0 atom stereocenters. The molecule has 0 aliphatic heterocycles. The number of hydrogen-bond donors (Lipinski definition) is 1. The summed E-state index contributed by atoms with van der Waals surface area (Å²) in [4.78, 5) is 4.17. The Morgan fingerprint density at radius 3 is 2.55 bits per heavy atom. The van der Waals surface area contributed by atoms with Crippen LogP contribution < -0.4 is 5.43 Å². The largest absolute Gasteiger partial charge is 0.318 e. The molecule has 0 spiro atoms. The van der Waals surface area contributed by atoms with Crippen molar-refractivity contribution in [2.45, 2.75) is 13.8 Å². The average molecular weight is 290 g/mol. The summed E-state index contributed by atoms with van der Waals surface area (Å²) in [5.74, 6) is 0.732. The molecule has 2 heterocycles. The van der Waals surface area contributed by atoms with Gasteiger partial charge in [0, 0.05) is 28.8 Å². The SMILES string of the molecule is Cc1cc(/C=N\Nc2ccccn2)c(C)n1-c1ccccc1. The van der Waals surface area contributed by atoms with Crippen molar-refractivity contribution in [3.63, 3.8) is 0 Å². The third kappa shape index (κ3) is 2.91. The lowest BCUT2D eigenvalue weighted by molar-refractivity contribution is 0.965. The normalized spacial score (nSPS) is 11.0. The molecule has 0 amide bonds. The summed E-state index contributed by atoms with van der Waals surface area (Å²) in [5, 5.41) is 4.27. The van der Waals surface area contributed by atoms with Crippen molar-refractivity contribution in [2.75, 3.05) is 5.43 Å². The fraction of sp³-hybridized carbons (Fsp3) is 0.111. The minimum absolute atomic E-state index is 0.732. The molecule has 0 saturated heterocycles. The van der Waals surface area contributed by atoms with Crippen LogP contribution in [0.25, 0.3) is 5.69 Å². The van der Waals surface area contributed by atoms with Crippen LogP contribution in [-0.4, -0.2) is 15.8 Å². The Balaban J connectivity index is 1.84. The second-order valence-corrected chi connectivity index (χ2v) is 5.08. The van der Waals surface area contributed by atoms with Crippen LogP contribution in [0.1, 0.15) is 17.0 Å². The Kier molecular flexibility index (Phi) is 4.01. The summed E-state index contributed by atoms with van der Waals surface area (Å²) in [7, 11) is 0. The summed E-state index contributed by atoms with van der Waals surface area (Å²) in [6.45, 7) is 4.20. The number of benzene rings is 1. The summed E-state index contributed by atoms with van der Waals surface area (Å²) in [5.41, 5.74) is 7.53. The minimum Gasteiger partial charge on any atom is -0.318 e. The van der Waals surface area contributed by atoms with Crippen molar-refractivity contribution in [3.8, 4) is 5.69 Å². The molecule has 2 aromatic heterocycles. The van der Waals surface area contributed by atoms with E-state index in [0.717, 1.165) is 22.8 Å². The van der Waals surface area contributed by atoms with Crippen LogP contribution >= 0.6 is 0 Å². The molecular weight excluding hydrogens is 272 g/mol. The molecule has 3 aromatic rings. The lowest BCUT2D eigenvalue weighted by Crippen LogP contribution is -1.99. The molecule has 110 valence electrons. The number of anilines is 1. The first-order valence-electron chi connectivity index (χ1n) is 7.20. The van der Waals surface area contributed by atoms with Crippen molar-refractivity contribution in [1.82, 2.24) is 9.55 Å². The van der Waals surface area contributed by atoms with Gasteiger partial charge in [0.1, 0.15) is 5.82 Å². The van der Waals surface area contributed by atoms with Gasteiger partial charge in [-0.15, -0.1) is 0 Å². The number of hydrazone groups is 1. The molecule has 0 unspecified atom stereocenters. The summed E-state index contributed by atoms with van der Waals surface area (Å²) in [6.07, 6.45) is 3.57. The highest BCUT2D eigenvalue weighted by Crippen LogP contribution is 2.19. The Morgan fingerprint density at radius 1 is 1.05 bits per heavy atom. The van der Waals surface area contributed by atoms with Crippen molar-refractivity contribution in [1.29, 1.82) is 0 Å². The third-order valence-electron chi connectivity index (χ3n) is 3.53. The first-order chi connectivity index (χ1) is 10.8. The van der Waals surface area contributed by atoms with Crippen molar-refractivity contribution in [3.05, 3.63) is 77.7 Å². The van der Waals surface area contributed by atoms with Gasteiger partial charge in [-0.2, -0.15) is 5.10 Å². The number of nitrogens with one attached hydrogen (secondary N) is 1. The minimum atomic E-state index is 0.732. The van der Waals surface area contributed by atoms with E-state index >= 15 is 0 Å². The van der Waals surface area contributed by atoms with E-state index < -0.39 is 0 Å². The van der Waals surface area contributed by atoms with Crippen LogP contribution in [0.2, 0.25) is 0 Å². The molecule has 0 bridgehead atoms. The third-order valence-corrected chi connectivity index (χ3v) is 3.53. The molecular formula is C18H18N4. The maximum absolute atomic E-state index is 4.27. The van der Waals surface area contributed by atoms with Gasteiger partial charge in [-0.25, -0.2) is 4.98 Å². The van der Waals surface area contributed by atoms with Crippen LogP contribution in [-0.2, 0) is 0 Å². The van der Waals surface area contributed by atoms with Crippen molar-refractivity contribution >= 4 is 12.0 Å².